The normalized spacial score (nSPS) is 22.0. The third-order valence-electron chi connectivity index (χ3n) is 4.67. The number of Topliss-reactive ketones (excluding diaryl/α,β-unsaturated/α-hetero) is 1. The van der Waals surface area contributed by atoms with Gasteiger partial charge in [0, 0.05) is 24.6 Å². The minimum absolute atomic E-state index is 0.142. The topological polar surface area (TPSA) is 38.3 Å². The molecule has 122 valence electrons. The Bertz CT molecular complexity index is 552. The lowest BCUT2D eigenvalue weighted by Gasteiger charge is -2.31. The smallest absolute Gasteiger partial charge is 0.170 e. The van der Waals surface area contributed by atoms with Crippen LogP contribution in [-0.4, -0.2) is 31.6 Å². The Morgan fingerprint density at radius 3 is 2.64 bits per heavy atom. The molecule has 0 aromatic heterocycles. The zero-order valence-electron chi connectivity index (χ0n) is 13.3. The molecular weight excluding hydrogens is 321 g/mol. The van der Waals surface area contributed by atoms with Crippen molar-refractivity contribution in [1.82, 2.24) is 5.32 Å². The van der Waals surface area contributed by atoms with Crippen LogP contribution in [0, 0.1) is 5.41 Å². The molecule has 0 spiro atoms. The standard InChI is InChI=1S/C17H23Cl2NO2/c1-16(2,22-3)6-7-17(8-9-20-11-17)15(21)12-4-5-13(18)14(19)10-12/h4-5,10,20H,6-9,11H2,1-3H3. The van der Waals surface area contributed by atoms with Crippen molar-refractivity contribution in [3.63, 3.8) is 0 Å². The van der Waals surface area contributed by atoms with Crippen LogP contribution >= 0.6 is 23.2 Å². The molecule has 3 nitrogen and oxygen atoms in total. The largest absolute Gasteiger partial charge is 0.379 e. The summed E-state index contributed by atoms with van der Waals surface area (Å²) in [6.45, 7) is 5.66. The molecule has 1 atom stereocenters. The molecule has 1 heterocycles. The van der Waals surface area contributed by atoms with Crippen LogP contribution in [-0.2, 0) is 4.74 Å². The van der Waals surface area contributed by atoms with E-state index in [2.05, 4.69) is 5.32 Å². The zero-order valence-corrected chi connectivity index (χ0v) is 14.9. The molecule has 0 aliphatic carbocycles. The third kappa shape index (κ3) is 3.83. The van der Waals surface area contributed by atoms with Gasteiger partial charge in [-0.15, -0.1) is 0 Å². The van der Waals surface area contributed by atoms with E-state index in [4.69, 9.17) is 27.9 Å². The summed E-state index contributed by atoms with van der Waals surface area (Å²) >= 11 is 12.0. The second kappa shape index (κ2) is 6.88. The minimum Gasteiger partial charge on any atom is -0.379 e. The van der Waals surface area contributed by atoms with Crippen LogP contribution in [0.15, 0.2) is 18.2 Å². The number of carbonyl (C=O) groups is 1. The van der Waals surface area contributed by atoms with Crippen molar-refractivity contribution in [3.8, 4) is 0 Å². The van der Waals surface area contributed by atoms with Gasteiger partial charge in [-0.3, -0.25) is 4.79 Å². The predicted molar refractivity (Wildman–Crippen MR) is 91.0 cm³/mol. The summed E-state index contributed by atoms with van der Waals surface area (Å²) in [6.07, 6.45) is 2.46. The SMILES string of the molecule is COC(C)(C)CCC1(C(=O)c2ccc(Cl)c(Cl)c2)CCNC1. The van der Waals surface area contributed by atoms with Gasteiger partial charge in [-0.2, -0.15) is 0 Å². The van der Waals surface area contributed by atoms with Crippen LogP contribution in [0.4, 0.5) is 0 Å². The number of benzene rings is 1. The molecule has 0 saturated carbocycles. The van der Waals surface area contributed by atoms with Crippen molar-refractivity contribution >= 4 is 29.0 Å². The van der Waals surface area contributed by atoms with E-state index in [1.165, 1.54) is 0 Å². The number of ketones is 1. The lowest BCUT2D eigenvalue weighted by Crippen LogP contribution is -2.36. The van der Waals surface area contributed by atoms with Gasteiger partial charge < -0.3 is 10.1 Å². The van der Waals surface area contributed by atoms with E-state index in [0.717, 1.165) is 25.8 Å². The first kappa shape index (κ1) is 17.7. The fraction of sp³-hybridized carbons (Fsp3) is 0.588. The second-order valence-electron chi connectivity index (χ2n) is 6.63. The number of nitrogens with one attached hydrogen (secondary N) is 1. The first-order chi connectivity index (χ1) is 10.3. The van der Waals surface area contributed by atoms with Gasteiger partial charge in [-0.25, -0.2) is 0 Å². The summed E-state index contributed by atoms with van der Waals surface area (Å²) in [6, 6.07) is 5.12. The second-order valence-corrected chi connectivity index (χ2v) is 7.44. The van der Waals surface area contributed by atoms with Crippen LogP contribution in [0.1, 0.15) is 43.5 Å². The molecule has 1 aliphatic rings. The van der Waals surface area contributed by atoms with Gasteiger partial charge in [0.1, 0.15) is 0 Å². The summed E-state index contributed by atoms with van der Waals surface area (Å²) in [7, 11) is 1.71. The molecule has 1 unspecified atom stereocenters. The monoisotopic (exact) mass is 343 g/mol. The molecule has 5 heteroatoms. The van der Waals surface area contributed by atoms with Gasteiger partial charge in [-0.1, -0.05) is 23.2 Å². The van der Waals surface area contributed by atoms with Crippen LogP contribution < -0.4 is 5.32 Å². The molecule has 0 bridgehead atoms. The molecule has 2 rings (SSSR count). The number of hydrogen-bond acceptors (Lipinski definition) is 3. The molecule has 1 aromatic carbocycles. The Labute approximate surface area is 142 Å². The van der Waals surface area contributed by atoms with E-state index in [-0.39, 0.29) is 16.8 Å². The van der Waals surface area contributed by atoms with Crippen LogP contribution in [0.3, 0.4) is 0 Å². The molecule has 0 amide bonds. The van der Waals surface area contributed by atoms with Crippen LogP contribution in [0.5, 0.6) is 0 Å². The number of halogens is 2. The fourth-order valence-electron chi connectivity index (χ4n) is 2.85. The summed E-state index contributed by atoms with van der Waals surface area (Å²) in [5.41, 5.74) is 0.0221. The number of carbonyl (C=O) groups excluding carboxylic acids is 1. The quantitative estimate of drug-likeness (QED) is 0.779. The van der Waals surface area contributed by atoms with Crippen molar-refractivity contribution in [3.05, 3.63) is 33.8 Å². The van der Waals surface area contributed by atoms with E-state index in [1.807, 2.05) is 13.8 Å². The van der Waals surface area contributed by atoms with Gasteiger partial charge in [0.15, 0.2) is 5.78 Å². The predicted octanol–water partition coefficient (Wildman–Crippen LogP) is 4.36. The summed E-state index contributed by atoms with van der Waals surface area (Å²) < 4.78 is 5.49. The van der Waals surface area contributed by atoms with Gasteiger partial charge in [0.2, 0.25) is 0 Å². The Morgan fingerprint density at radius 1 is 1.36 bits per heavy atom. The van der Waals surface area contributed by atoms with E-state index >= 15 is 0 Å². The van der Waals surface area contributed by atoms with Crippen molar-refractivity contribution in [2.45, 2.75) is 38.7 Å². The first-order valence-electron chi connectivity index (χ1n) is 7.55. The summed E-state index contributed by atoms with van der Waals surface area (Å²) in [5.74, 6) is 0.142. The van der Waals surface area contributed by atoms with Crippen LogP contribution in [0.2, 0.25) is 10.0 Å². The molecule has 1 fully saturated rings. The van der Waals surface area contributed by atoms with Crippen molar-refractivity contribution in [2.75, 3.05) is 20.2 Å². The highest BCUT2D eigenvalue weighted by Gasteiger charge is 2.42. The van der Waals surface area contributed by atoms with Gasteiger partial charge in [0.05, 0.1) is 15.6 Å². The number of methoxy groups -OCH3 is 1. The fourth-order valence-corrected chi connectivity index (χ4v) is 3.15. The number of hydrogen-bond donors (Lipinski definition) is 1. The summed E-state index contributed by atoms with van der Waals surface area (Å²) in [5, 5.41) is 4.22. The van der Waals surface area contributed by atoms with Gasteiger partial charge in [0.25, 0.3) is 0 Å². The van der Waals surface area contributed by atoms with Crippen LogP contribution in [0.25, 0.3) is 0 Å². The van der Waals surface area contributed by atoms with E-state index in [1.54, 1.807) is 25.3 Å². The minimum atomic E-state index is -0.382. The Balaban J connectivity index is 2.22. The lowest BCUT2D eigenvalue weighted by molar-refractivity contribution is 0.00571. The average Bonchev–Trinajstić information content (AvgIpc) is 2.98. The maximum absolute atomic E-state index is 13.1. The maximum atomic E-state index is 13.1. The van der Waals surface area contributed by atoms with E-state index < -0.39 is 0 Å². The van der Waals surface area contributed by atoms with Crippen molar-refractivity contribution < 1.29 is 9.53 Å². The Morgan fingerprint density at radius 2 is 2.09 bits per heavy atom. The number of rotatable bonds is 6. The van der Waals surface area contributed by atoms with Crippen molar-refractivity contribution in [1.29, 1.82) is 0 Å². The third-order valence-corrected chi connectivity index (χ3v) is 5.40. The molecule has 1 N–H and O–H groups in total. The molecule has 1 aromatic rings. The highest BCUT2D eigenvalue weighted by atomic mass is 35.5. The van der Waals surface area contributed by atoms with E-state index in [0.29, 0.717) is 22.2 Å². The zero-order chi connectivity index (χ0) is 16.4. The molecule has 0 radical (unpaired) electrons. The van der Waals surface area contributed by atoms with Gasteiger partial charge >= 0.3 is 0 Å². The molecule has 1 aliphatic heterocycles. The maximum Gasteiger partial charge on any atom is 0.170 e. The Kier molecular flexibility index (Phi) is 5.54. The Hall–Kier alpha value is -0.610. The molecule has 1 saturated heterocycles. The summed E-state index contributed by atoms with van der Waals surface area (Å²) in [4.78, 5) is 13.1. The van der Waals surface area contributed by atoms with Gasteiger partial charge in [-0.05, 0) is 57.9 Å². The average molecular weight is 344 g/mol. The lowest BCUT2D eigenvalue weighted by atomic mass is 9.74. The highest BCUT2D eigenvalue weighted by Crippen LogP contribution is 2.38. The first-order valence-corrected chi connectivity index (χ1v) is 8.31. The molecule has 22 heavy (non-hydrogen) atoms. The molecular formula is C17H23Cl2NO2. The van der Waals surface area contributed by atoms with E-state index in [9.17, 15) is 4.79 Å². The number of ether oxygens (including phenoxy) is 1. The van der Waals surface area contributed by atoms with Crippen molar-refractivity contribution in [2.24, 2.45) is 5.41 Å². The highest BCUT2D eigenvalue weighted by molar-refractivity contribution is 6.42.